The Morgan fingerprint density at radius 1 is 1.26 bits per heavy atom. The van der Waals surface area contributed by atoms with E-state index in [0.29, 0.717) is 18.9 Å². The van der Waals surface area contributed by atoms with Gasteiger partial charge in [0.2, 0.25) is 0 Å². The van der Waals surface area contributed by atoms with Gasteiger partial charge in [-0.2, -0.15) is 13.2 Å². The Hall–Kier alpha value is -0.790. The minimum absolute atomic E-state index is 0.104. The van der Waals surface area contributed by atoms with Crippen LogP contribution in [-0.4, -0.2) is 19.7 Å². The van der Waals surface area contributed by atoms with Gasteiger partial charge in [-0.1, -0.05) is 6.07 Å². The Kier molecular flexibility index (Phi) is 3.81. The average Bonchev–Trinajstić information content (AvgIpc) is 2.26. The SMILES string of the molecule is O=S(=O)(c1cccc(C(F)(F)F)c1)C1CC(NCl)C1. The van der Waals surface area contributed by atoms with Gasteiger partial charge in [0.15, 0.2) is 9.84 Å². The summed E-state index contributed by atoms with van der Waals surface area (Å²) in [6, 6.07) is 3.71. The first-order chi connectivity index (χ1) is 8.75. The molecule has 1 aliphatic carbocycles. The second kappa shape index (κ2) is 4.96. The van der Waals surface area contributed by atoms with Gasteiger partial charge in [0.25, 0.3) is 0 Å². The van der Waals surface area contributed by atoms with E-state index in [4.69, 9.17) is 11.8 Å². The minimum Gasteiger partial charge on any atom is -0.230 e. The smallest absolute Gasteiger partial charge is 0.230 e. The van der Waals surface area contributed by atoms with Crippen LogP contribution in [0.25, 0.3) is 0 Å². The first-order valence-electron chi connectivity index (χ1n) is 5.52. The Balaban J connectivity index is 2.27. The van der Waals surface area contributed by atoms with E-state index < -0.39 is 26.8 Å². The molecule has 0 amide bonds. The summed E-state index contributed by atoms with van der Waals surface area (Å²) in [6.07, 6.45) is -3.93. The lowest BCUT2D eigenvalue weighted by atomic mass is 9.93. The highest BCUT2D eigenvalue weighted by molar-refractivity contribution is 7.92. The molecule has 8 heteroatoms. The van der Waals surface area contributed by atoms with Gasteiger partial charge in [0.1, 0.15) is 0 Å². The van der Waals surface area contributed by atoms with Gasteiger partial charge in [-0.25, -0.2) is 13.3 Å². The van der Waals surface area contributed by atoms with Crippen LogP contribution in [0, 0.1) is 0 Å². The lowest BCUT2D eigenvalue weighted by Gasteiger charge is -2.33. The predicted molar refractivity (Wildman–Crippen MR) is 64.4 cm³/mol. The fraction of sp³-hybridized carbons (Fsp3) is 0.455. The third kappa shape index (κ3) is 2.88. The van der Waals surface area contributed by atoms with Crippen LogP contribution in [0.15, 0.2) is 29.2 Å². The summed E-state index contributed by atoms with van der Waals surface area (Å²) in [6.45, 7) is 0. The van der Waals surface area contributed by atoms with Gasteiger partial charge in [0, 0.05) is 6.04 Å². The lowest BCUT2D eigenvalue weighted by molar-refractivity contribution is -0.137. The molecule has 0 spiro atoms. The van der Waals surface area contributed by atoms with Crippen LogP contribution >= 0.6 is 11.8 Å². The summed E-state index contributed by atoms with van der Waals surface area (Å²) in [5, 5.41) is -0.674. The van der Waals surface area contributed by atoms with E-state index in [2.05, 4.69) is 4.84 Å². The molecule has 1 aliphatic rings. The maximum absolute atomic E-state index is 12.5. The summed E-state index contributed by atoms with van der Waals surface area (Å²) in [5.41, 5.74) is -0.958. The van der Waals surface area contributed by atoms with Gasteiger partial charge in [-0.05, 0) is 42.8 Å². The molecule has 0 aromatic heterocycles. The van der Waals surface area contributed by atoms with Crippen molar-refractivity contribution in [2.75, 3.05) is 0 Å². The number of hydrogen-bond acceptors (Lipinski definition) is 3. The van der Waals surface area contributed by atoms with Crippen LogP contribution in [0.3, 0.4) is 0 Å². The molecule has 0 unspecified atom stereocenters. The van der Waals surface area contributed by atoms with Gasteiger partial charge in [-0.3, -0.25) is 0 Å². The van der Waals surface area contributed by atoms with E-state index in [9.17, 15) is 21.6 Å². The Morgan fingerprint density at radius 3 is 2.42 bits per heavy atom. The van der Waals surface area contributed by atoms with Crippen molar-refractivity contribution in [1.29, 1.82) is 0 Å². The number of halogens is 4. The highest BCUT2D eigenvalue weighted by Crippen LogP contribution is 2.35. The largest absolute Gasteiger partial charge is 0.416 e. The molecule has 0 radical (unpaired) electrons. The van der Waals surface area contributed by atoms with Crippen molar-refractivity contribution in [3.63, 3.8) is 0 Å². The summed E-state index contributed by atoms with van der Waals surface area (Å²) < 4.78 is 61.9. The van der Waals surface area contributed by atoms with Crippen molar-refractivity contribution in [2.45, 2.75) is 35.2 Å². The third-order valence-corrected chi connectivity index (χ3v) is 5.66. The predicted octanol–water partition coefficient (Wildman–Crippen LogP) is 2.75. The van der Waals surface area contributed by atoms with E-state index in [0.717, 1.165) is 12.1 Å². The number of sulfone groups is 1. The standard InChI is InChI=1S/C11H11ClF3NO2S/c12-16-8-5-10(6-8)19(17,18)9-3-1-2-7(4-9)11(13,14)15/h1-4,8,10,16H,5-6H2. The van der Waals surface area contributed by atoms with E-state index in [-0.39, 0.29) is 10.9 Å². The van der Waals surface area contributed by atoms with Crippen molar-refractivity contribution in [2.24, 2.45) is 0 Å². The number of hydrogen-bond donors (Lipinski definition) is 1. The van der Waals surface area contributed by atoms with Crippen LogP contribution in [-0.2, 0) is 16.0 Å². The topological polar surface area (TPSA) is 46.2 Å². The third-order valence-electron chi connectivity index (χ3n) is 3.18. The van der Waals surface area contributed by atoms with Crippen LogP contribution in [0.4, 0.5) is 13.2 Å². The van der Waals surface area contributed by atoms with Crippen LogP contribution < -0.4 is 4.84 Å². The van der Waals surface area contributed by atoms with Gasteiger partial charge in [-0.15, -0.1) is 0 Å². The average molecular weight is 314 g/mol. The molecule has 2 rings (SSSR count). The highest BCUT2D eigenvalue weighted by Gasteiger charge is 2.40. The first kappa shape index (κ1) is 14.6. The second-order valence-corrected chi connectivity index (χ2v) is 6.92. The fourth-order valence-corrected chi connectivity index (χ4v) is 4.04. The number of rotatable bonds is 3. The molecule has 1 aromatic carbocycles. The summed E-state index contributed by atoms with van der Waals surface area (Å²) >= 11 is 5.36. The molecule has 0 heterocycles. The zero-order valence-electron chi connectivity index (χ0n) is 9.61. The molecule has 1 aromatic rings. The maximum atomic E-state index is 12.5. The van der Waals surface area contributed by atoms with Crippen molar-refractivity contribution >= 4 is 21.6 Å². The van der Waals surface area contributed by atoms with E-state index in [1.54, 1.807) is 0 Å². The normalized spacial score (nSPS) is 24.0. The van der Waals surface area contributed by atoms with E-state index in [1.807, 2.05) is 0 Å². The molecule has 0 aliphatic heterocycles. The Morgan fingerprint density at radius 2 is 1.89 bits per heavy atom. The van der Waals surface area contributed by atoms with Crippen LogP contribution in [0.5, 0.6) is 0 Å². The molecule has 0 saturated heterocycles. The molecule has 1 fully saturated rings. The monoisotopic (exact) mass is 313 g/mol. The van der Waals surface area contributed by atoms with E-state index >= 15 is 0 Å². The Bertz CT molecular complexity index is 568. The zero-order valence-corrected chi connectivity index (χ0v) is 11.2. The zero-order chi connectivity index (χ0) is 14.3. The summed E-state index contributed by atoms with van der Waals surface area (Å²) in [7, 11) is -3.73. The molecule has 0 bridgehead atoms. The van der Waals surface area contributed by atoms with Crippen LogP contribution in [0.1, 0.15) is 18.4 Å². The highest BCUT2D eigenvalue weighted by atomic mass is 35.5. The van der Waals surface area contributed by atoms with Crippen molar-refractivity contribution in [1.82, 2.24) is 4.84 Å². The molecule has 1 saturated carbocycles. The van der Waals surface area contributed by atoms with Crippen LogP contribution in [0.2, 0.25) is 0 Å². The minimum atomic E-state index is -4.55. The molecule has 0 atom stereocenters. The fourth-order valence-electron chi connectivity index (χ4n) is 1.95. The van der Waals surface area contributed by atoms with E-state index in [1.165, 1.54) is 6.07 Å². The molecule has 106 valence electrons. The van der Waals surface area contributed by atoms with Crippen molar-refractivity contribution in [3.05, 3.63) is 29.8 Å². The first-order valence-corrected chi connectivity index (χ1v) is 7.45. The molecular weight excluding hydrogens is 303 g/mol. The lowest BCUT2D eigenvalue weighted by Crippen LogP contribution is -2.44. The summed E-state index contributed by atoms with van der Waals surface area (Å²) in [4.78, 5) is 2.13. The second-order valence-electron chi connectivity index (χ2n) is 4.47. The van der Waals surface area contributed by atoms with Gasteiger partial charge >= 0.3 is 6.18 Å². The number of nitrogens with one attached hydrogen (secondary N) is 1. The number of alkyl halides is 3. The quantitative estimate of drug-likeness (QED) is 0.873. The molecular formula is C11H11ClF3NO2S. The molecule has 1 N–H and O–H groups in total. The van der Waals surface area contributed by atoms with Crippen molar-refractivity contribution < 1.29 is 21.6 Å². The van der Waals surface area contributed by atoms with Gasteiger partial charge < -0.3 is 0 Å². The van der Waals surface area contributed by atoms with Gasteiger partial charge in [0.05, 0.1) is 15.7 Å². The van der Waals surface area contributed by atoms with Crippen molar-refractivity contribution in [3.8, 4) is 0 Å². The number of benzene rings is 1. The molecule has 3 nitrogen and oxygen atoms in total. The maximum Gasteiger partial charge on any atom is 0.416 e. The molecule has 19 heavy (non-hydrogen) atoms. The Labute approximate surface area is 113 Å². The summed E-state index contributed by atoms with van der Waals surface area (Å²) in [5.74, 6) is 0.